The van der Waals surface area contributed by atoms with Crippen LogP contribution in [0.3, 0.4) is 0 Å². The zero-order valence-corrected chi connectivity index (χ0v) is 18.4. The van der Waals surface area contributed by atoms with Gasteiger partial charge in [-0.05, 0) is 57.7 Å². The number of hydrogen-bond acceptors (Lipinski definition) is 6. The number of ether oxygens (including phenoxy) is 2. The number of likely N-dealkylation sites (tertiary alicyclic amines) is 1. The van der Waals surface area contributed by atoms with E-state index in [-0.39, 0.29) is 12.0 Å². The number of carbonyl (C=O) groups excluding carboxylic acids is 1. The fourth-order valence-electron chi connectivity index (χ4n) is 3.82. The summed E-state index contributed by atoms with van der Waals surface area (Å²) in [4.78, 5) is 13.9. The van der Waals surface area contributed by atoms with Crippen LogP contribution in [0.5, 0.6) is 5.75 Å². The van der Waals surface area contributed by atoms with E-state index in [1.54, 1.807) is 31.7 Å². The average molecular weight is 465 g/mol. The van der Waals surface area contributed by atoms with E-state index in [0.29, 0.717) is 44.5 Å². The lowest BCUT2D eigenvalue weighted by Gasteiger charge is -2.39. The Kier molecular flexibility index (Phi) is 6.22. The average Bonchev–Trinajstić information content (AvgIpc) is 3.03. The van der Waals surface area contributed by atoms with E-state index in [9.17, 15) is 26.4 Å². The molecule has 0 aliphatic carbocycles. The SMILES string of the molecule is CC(C)(C)OC(=O)N1CCC2(CC1)C[C@H](c1cccc(OS(=O)(=O)C(F)(F)F)c1)CO2. The maximum atomic E-state index is 12.6. The number of alkyl halides is 3. The number of halogens is 3. The summed E-state index contributed by atoms with van der Waals surface area (Å²) in [6.45, 7) is 6.72. The lowest BCUT2D eigenvalue weighted by atomic mass is 9.83. The van der Waals surface area contributed by atoms with Crippen molar-refractivity contribution in [2.24, 2.45) is 0 Å². The summed E-state index contributed by atoms with van der Waals surface area (Å²) in [7, 11) is -5.73. The van der Waals surface area contributed by atoms with Crippen LogP contribution in [0.25, 0.3) is 0 Å². The summed E-state index contributed by atoms with van der Waals surface area (Å²) in [6, 6.07) is 5.62. The van der Waals surface area contributed by atoms with Crippen molar-refractivity contribution in [3.63, 3.8) is 0 Å². The lowest BCUT2D eigenvalue weighted by molar-refractivity contribution is -0.0502. The van der Waals surface area contributed by atoms with Gasteiger partial charge < -0.3 is 18.6 Å². The first-order valence-electron chi connectivity index (χ1n) is 9.92. The minimum atomic E-state index is -5.73. The highest BCUT2D eigenvalue weighted by Crippen LogP contribution is 2.43. The molecule has 0 saturated carbocycles. The molecule has 2 heterocycles. The van der Waals surface area contributed by atoms with Crippen LogP contribution in [0.1, 0.15) is 51.5 Å². The smallest absolute Gasteiger partial charge is 0.444 e. The second-order valence-electron chi connectivity index (χ2n) is 8.92. The molecule has 2 fully saturated rings. The predicted molar refractivity (Wildman–Crippen MR) is 105 cm³/mol. The minimum absolute atomic E-state index is 0.120. The molecule has 2 aliphatic heterocycles. The van der Waals surface area contributed by atoms with Crippen molar-refractivity contribution in [2.45, 2.75) is 62.7 Å². The van der Waals surface area contributed by atoms with Crippen LogP contribution in [0.4, 0.5) is 18.0 Å². The maximum absolute atomic E-state index is 12.6. The van der Waals surface area contributed by atoms with Crippen LogP contribution in [-0.2, 0) is 19.6 Å². The molecule has 1 atom stereocenters. The fourth-order valence-corrected chi connectivity index (χ4v) is 4.28. The third-order valence-corrected chi connectivity index (χ3v) is 6.33. The number of carbonyl (C=O) groups is 1. The van der Waals surface area contributed by atoms with Gasteiger partial charge in [0.05, 0.1) is 12.2 Å². The molecule has 1 aromatic rings. The first kappa shape index (κ1) is 23.6. The van der Waals surface area contributed by atoms with Crippen LogP contribution < -0.4 is 4.18 Å². The molecule has 2 aliphatic rings. The van der Waals surface area contributed by atoms with Crippen LogP contribution in [0, 0.1) is 0 Å². The molecular formula is C20H26F3NO6S. The van der Waals surface area contributed by atoms with Gasteiger partial charge in [-0.15, -0.1) is 0 Å². The van der Waals surface area contributed by atoms with Gasteiger partial charge in [0.1, 0.15) is 11.4 Å². The molecule has 11 heteroatoms. The highest BCUT2D eigenvalue weighted by atomic mass is 32.2. The molecule has 174 valence electrons. The Morgan fingerprint density at radius 2 is 1.84 bits per heavy atom. The van der Waals surface area contributed by atoms with Crippen LogP contribution >= 0.6 is 0 Å². The van der Waals surface area contributed by atoms with Crippen molar-refractivity contribution in [3.8, 4) is 5.75 Å². The van der Waals surface area contributed by atoms with Crippen molar-refractivity contribution in [2.75, 3.05) is 19.7 Å². The Morgan fingerprint density at radius 1 is 1.19 bits per heavy atom. The first-order chi connectivity index (χ1) is 14.2. The van der Waals surface area contributed by atoms with Crippen molar-refractivity contribution < 1.29 is 40.0 Å². The van der Waals surface area contributed by atoms with Gasteiger partial charge in [0.25, 0.3) is 0 Å². The van der Waals surface area contributed by atoms with Crippen molar-refractivity contribution in [1.29, 1.82) is 0 Å². The van der Waals surface area contributed by atoms with E-state index in [1.165, 1.54) is 12.1 Å². The van der Waals surface area contributed by atoms with Crippen molar-refractivity contribution in [1.82, 2.24) is 4.90 Å². The largest absolute Gasteiger partial charge is 0.534 e. The number of piperidine rings is 1. The summed E-state index contributed by atoms with van der Waals surface area (Å²) in [5, 5.41) is 0. The molecular weight excluding hydrogens is 439 g/mol. The number of hydrogen-bond donors (Lipinski definition) is 0. The predicted octanol–water partition coefficient (Wildman–Crippen LogP) is 4.19. The molecule has 3 rings (SSSR count). The summed E-state index contributed by atoms with van der Waals surface area (Å²) in [6.07, 6.45) is 1.47. The molecule has 0 radical (unpaired) electrons. The zero-order valence-electron chi connectivity index (χ0n) is 17.6. The Morgan fingerprint density at radius 3 is 2.42 bits per heavy atom. The third-order valence-electron chi connectivity index (χ3n) is 5.35. The summed E-state index contributed by atoms with van der Waals surface area (Å²) >= 11 is 0. The molecule has 0 unspecified atom stereocenters. The molecule has 1 aromatic carbocycles. The molecule has 0 bridgehead atoms. The normalized spacial score (nSPS) is 21.9. The Bertz CT molecular complexity index is 918. The van der Waals surface area contributed by atoms with E-state index in [1.807, 2.05) is 0 Å². The van der Waals surface area contributed by atoms with Gasteiger partial charge >= 0.3 is 21.7 Å². The van der Waals surface area contributed by atoms with E-state index < -0.39 is 32.6 Å². The van der Waals surface area contributed by atoms with Crippen molar-refractivity contribution in [3.05, 3.63) is 29.8 Å². The maximum Gasteiger partial charge on any atom is 0.534 e. The van der Waals surface area contributed by atoms with E-state index in [0.717, 1.165) is 6.07 Å². The standard InChI is InChI=1S/C20H26F3NO6S/c1-18(2,3)29-17(25)24-9-7-19(8-10-24)12-15(13-28-19)14-5-4-6-16(11-14)30-31(26,27)20(21,22)23/h4-6,11,15H,7-10,12-13H2,1-3H3/t15-/m0/s1. The highest BCUT2D eigenvalue weighted by molar-refractivity contribution is 7.88. The number of nitrogens with zero attached hydrogens (tertiary/aromatic N) is 1. The fraction of sp³-hybridized carbons (Fsp3) is 0.650. The van der Waals surface area contributed by atoms with Gasteiger partial charge in [0.2, 0.25) is 0 Å². The summed E-state index contributed by atoms with van der Waals surface area (Å²) < 4.78 is 75.9. The van der Waals surface area contributed by atoms with Crippen LogP contribution in [0.15, 0.2) is 24.3 Å². The van der Waals surface area contributed by atoms with Gasteiger partial charge in [-0.3, -0.25) is 0 Å². The second-order valence-corrected chi connectivity index (χ2v) is 10.5. The molecule has 31 heavy (non-hydrogen) atoms. The molecule has 7 nitrogen and oxygen atoms in total. The molecule has 0 aromatic heterocycles. The lowest BCUT2D eigenvalue weighted by Crippen LogP contribution is -2.47. The van der Waals surface area contributed by atoms with Gasteiger partial charge in [-0.1, -0.05) is 12.1 Å². The quantitative estimate of drug-likeness (QED) is 0.492. The molecule has 1 spiro atoms. The Balaban J connectivity index is 1.62. The van der Waals surface area contributed by atoms with Crippen LogP contribution in [-0.4, -0.2) is 55.8 Å². The van der Waals surface area contributed by atoms with Crippen LogP contribution in [0.2, 0.25) is 0 Å². The Labute approximate surface area is 179 Å². The third kappa shape index (κ3) is 5.62. The number of benzene rings is 1. The van der Waals surface area contributed by atoms with Gasteiger partial charge in [0.15, 0.2) is 0 Å². The summed E-state index contributed by atoms with van der Waals surface area (Å²) in [5.41, 5.74) is -5.86. The van der Waals surface area contributed by atoms with Crippen molar-refractivity contribution >= 4 is 16.2 Å². The zero-order chi connectivity index (χ0) is 23.1. The van der Waals surface area contributed by atoms with Gasteiger partial charge in [-0.2, -0.15) is 21.6 Å². The first-order valence-corrected chi connectivity index (χ1v) is 11.3. The number of amides is 1. The number of rotatable bonds is 3. The van der Waals surface area contributed by atoms with E-state index in [4.69, 9.17) is 9.47 Å². The summed E-state index contributed by atoms with van der Waals surface area (Å²) in [5.74, 6) is -0.513. The molecule has 2 saturated heterocycles. The van der Waals surface area contributed by atoms with Gasteiger partial charge in [-0.25, -0.2) is 4.79 Å². The van der Waals surface area contributed by atoms with E-state index in [2.05, 4.69) is 4.18 Å². The highest BCUT2D eigenvalue weighted by Gasteiger charge is 2.49. The monoisotopic (exact) mass is 465 g/mol. The topological polar surface area (TPSA) is 82.1 Å². The van der Waals surface area contributed by atoms with Gasteiger partial charge in [0, 0.05) is 19.0 Å². The Hall–Kier alpha value is -2.01. The minimum Gasteiger partial charge on any atom is -0.444 e. The molecule has 1 amide bonds. The second kappa shape index (κ2) is 8.16. The van der Waals surface area contributed by atoms with E-state index >= 15 is 0 Å². The molecule has 0 N–H and O–H groups in total.